The third-order valence-electron chi connectivity index (χ3n) is 4.73. The molecule has 19 heavy (non-hydrogen) atoms. The van der Waals surface area contributed by atoms with Gasteiger partial charge in [0.25, 0.3) is 0 Å². The molecule has 0 unspecified atom stereocenters. The standard InChI is InChI=1S/C17H22BrN/c1-10(2)8-13-16-15-11(6-5-7-12(15)18)14(19-13)9-17(16,3)4/h5-7,13-14,16,19H,1,8-9H2,2-4H3/t13-,14-,16-/m0/s1. The molecule has 1 aromatic rings. The molecule has 0 aromatic heterocycles. The van der Waals surface area contributed by atoms with Crippen molar-refractivity contribution in [2.45, 2.75) is 51.6 Å². The van der Waals surface area contributed by atoms with Crippen LogP contribution in [0, 0.1) is 5.41 Å². The lowest BCUT2D eigenvalue weighted by molar-refractivity contribution is 0.103. The van der Waals surface area contributed by atoms with E-state index in [9.17, 15) is 0 Å². The zero-order valence-corrected chi connectivity index (χ0v) is 13.5. The Morgan fingerprint density at radius 2 is 2.21 bits per heavy atom. The molecule has 2 aliphatic heterocycles. The summed E-state index contributed by atoms with van der Waals surface area (Å²) in [4.78, 5) is 0. The lowest BCUT2D eigenvalue weighted by atomic mass is 9.58. The van der Waals surface area contributed by atoms with Crippen LogP contribution in [0.2, 0.25) is 0 Å². The number of piperidine rings is 1. The Balaban J connectivity index is 2.11. The summed E-state index contributed by atoms with van der Waals surface area (Å²) in [6.07, 6.45) is 2.30. The van der Waals surface area contributed by atoms with Crippen LogP contribution in [-0.2, 0) is 0 Å². The molecular formula is C17H22BrN. The van der Waals surface area contributed by atoms with Crippen molar-refractivity contribution in [3.05, 3.63) is 46.0 Å². The largest absolute Gasteiger partial charge is 0.306 e. The fourth-order valence-electron chi connectivity index (χ4n) is 4.14. The molecule has 2 bridgehead atoms. The Bertz CT molecular complexity index is 532. The lowest BCUT2D eigenvalue weighted by Crippen LogP contribution is -2.54. The van der Waals surface area contributed by atoms with Crippen molar-refractivity contribution < 1.29 is 0 Å². The van der Waals surface area contributed by atoms with E-state index in [4.69, 9.17) is 0 Å². The normalized spacial score (nSPS) is 31.1. The van der Waals surface area contributed by atoms with Crippen molar-refractivity contribution in [1.29, 1.82) is 0 Å². The maximum Gasteiger partial charge on any atom is 0.0331 e. The van der Waals surface area contributed by atoms with Gasteiger partial charge in [-0.25, -0.2) is 0 Å². The minimum absolute atomic E-state index is 0.354. The smallest absolute Gasteiger partial charge is 0.0331 e. The summed E-state index contributed by atoms with van der Waals surface area (Å²) in [7, 11) is 0. The summed E-state index contributed by atoms with van der Waals surface area (Å²) in [5, 5.41) is 3.84. The molecule has 1 fully saturated rings. The van der Waals surface area contributed by atoms with E-state index in [0.29, 0.717) is 23.4 Å². The zero-order valence-electron chi connectivity index (χ0n) is 12.0. The highest BCUT2D eigenvalue weighted by Crippen LogP contribution is 2.57. The highest BCUT2D eigenvalue weighted by atomic mass is 79.9. The molecule has 2 heteroatoms. The van der Waals surface area contributed by atoms with Gasteiger partial charge in [0.15, 0.2) is 0 Å². The van der Waals surface area contributed by atoms with Gasteiger partial charge in [-0.3, -0.25) is 0 Å². The molecule has 4 rings (SSSR count). The number of fused-ring (bicyclic) bond motifs is 2. The Hall–Kier alpha value is -0.600. The van der Waals surface area contributed by atoms with Crippen LogP contribution >= 0.6 is 15.9 Å². The van der Waals surface area contributed by atoms with Gasteiger partial charge in [0, 0.05) is 22.5 Å². The molecule has 1 nitrogen and oxygen atoms in total. The molecule has 3 atom stereocenters. The number of hydrogen-bond donors (Lipinski definition) is 1. The molecule has 1 saturated heterocycles. The molecule has 1 aliphatic carbocycles. The van der Waals surface area contributed by atoms with E-state index in [-0.39, 0.29) is 0 Å². The Labute approximate surface area is 124 Å². The first-order valence-electron chi connectivity index (χ1n) is 7.09. The first-order chi connectivity index (χ1) is 8.90. The van der Waals surface area contributed by atoms with Gasteiger partial charge < -0.3 is 5.32 Å². The van der Waals surface area contributed by atoms with Gasteiger partial charge >= 0.3 is 0 Å². The number of rotatable bonds is 2. The van der Waals surface area contributed by atoms with E-state index >= 15 is 0 Å². The average Bonchev–Trinajstić information content (AvgIpc) is 2.27. The van der Waals surface area contributed by atoms with Gasteiger partial charge in [0.1, 0.15) is 0 Å². The summed E-state index contributed by atoms with van der Waals surface area (Å²) < 4.78 is 1.28. The number of nitrogens with one attached hydrogen (secondary N) is 1. The second-order valence-electron chi connectivity index (χ2n) is 6.90. The van der Waals surface area contributed by atoms with Crippen molar-refractivity contribution in [1.82, 2.24) is 5.32 Å². The van der Waals surface area contributed by atoms with Gasteiger partial charge in [0.2, 0.25) is 0 Å². The highest BCUT2D eigenvalue weighted by molar-refractivity contribution is 9.10. The summed E-state index contributed by atoms with van der Waals surface area (Å²) in [6, 6.07) is 7.66. The predicted octanol–water partition coefficient (Wildman–Crippen LogP) is 4.94. The molecule has 102 valence electrons. The molecule has 0 saturated carbocycles. The van der Waals surface area contributed by atoms with E-state index in [1.807, 2.05) is 0 Å². The van der Waals surface area contributed by atoms with E-state index in [1.54, 1.807) is 0 Å². The van der Waals surface area contributed by atoms with Crippen LogP contribution in [0.3, 0.4) is 0 Å². The van der Waals surface area contributed by atoms with Crippen LogP contribution in [0.25, 0.3) is 0 Å². The van der Waals surface area contributed by atoms with Crippen LogP contribution in [0.4, 0.5) is 0 Å². The molecule has 0 spiro atoms. The van der Waals surface area contributed by atoms with E-state index in [2.05, 4.69) is 66.8 Å². The fraction of sp³-hybridized carbons (Fsp3) is 0.529. The zero-order chi connectivity index (χ0) is 13.8. The Morgan fingerprint density at radius 3 is 2.89 bits per heavy atom. The Morgan fingerprint density at radius 1 is 1.47 bits per heavy atom. The Kier molecular flexibility index (Phi) is 3.14. The van der Waals surface area contributed by atoms with Gasteiger partial charge in [0.05, 0.1) is 0 Å². The minimum atomic E-state index is 0.354. The second-order valence-corrected chi connectivity index (χ2v) is 7.75. The summed E-state index contributed by atoms with van der Waals surface area (Å²) in [5.74, 6) is 0.569. The summed E-state index contributed by atoms with van der Waals surface area (Å²) in [6.45, 7) is 11.1. The van der Waals surface area contributed by atoms with Gasteiger partial charge in [-0.15, -0.1) is 6.58 Å². The molecule has 3 aliphatic rings. The minimum Gasteiger partial charge on any atom is -0.306 e. The topological polar surface area (TPSA) is 12.0 Å². The quantitative estimate of drug-likeness (QED) is 0.761. The monoisotopic (exact) mass is 319 g/mol. The van der Waals surface area contributed by atoms with Gasteiger partial charge in [-0.1, -0.05) is 47.5 Å². The first-order valence-corrected chi connectivity index (χ1v) is 7.88. The van der Waals surface area contributed by atoms with Crippen LogP contribution in [0.1, 0.15) is 56.7 Å². The molecule has 0 amide bonds. The molecular weight excluding hydrogens is 298 g/mol. The maximum absolute atomic E-state index is 4.11. The van der Waals surface area contributed by atoms with Crippen molar-refractivity contribution in [3.63, 3.8) is 0 Å². The molecule has 0 radical (unpaired) electrons. The van der Waals surface area contributed by atoms with Crippen molar-refractivity contribution in [2.24, 2.45) is 5.41 Å². The van der Waals surface area contributed by atoms with E-state index in [1.165, 1.54) is 27.6 Å². The van der Waals surface area contributed by atoms with Gasteiger partial charge in [-0.05, 0) is 42.4 Å². The van der Waals surface area contributed by atoms with E-state index in [0.717, 1.165) is 6.42 Å². The SMILES string of the molecule is C=C(C)C[C@@H]1N[C@H]2CC(C)(C)[C@@H]1c1c(Br)cccc12. The number of halogens is 1. The predicted molar refractivity (Wildman–Crippen MR) is 84.4 cm³/mol. The van der Waals surface area contributed by atoms with Crippen LogP contribution in [0.15, 0.2) is 34.8 Å². The molecule has 2 heterocycles. The van der Waals surface area contributed by atoms with Crippen molar-refractivity contribution in [2.75, 3.05) is 0 Å². The summed E-state index contributed by atoms with van der Waals surface area (Å²) >= 11 is 3.78. The summed E-state index contributed by atoms with van der Waals surface area (Å²) in [5.41, 5.74) is 4.66. The van der Waals surface area contributed by atoms with E-state index < -0.39 is 0 Å². The molecule has 1 aromatic carbocycles. The van der Waals surface area contributed by atoms with Crippen LogP contribution in [0.5, 0.6) is 0 Å². The third kappa shape index (κ3) is 2.09. The number of benzene rings is 1. The van der Waals surface area contributed by atoms with Crippen molar-refractivity contribution >= 4 is 15.9 Å². The fourth-order valence-corrected chi connectivity index (χ4v) is 4.77. The third-order valence-corrected chi connectivity index (χ3v) is 5.42. The van der Waals surface area contributed by atoms with Crippen LogP contribution < -0.4 is 5.32 Å². The van der Waals surface area contributed by atoms with Gasteiger partial charge in [-0.2, -0.15) is 0 Å². The number of hydrogen-bond acceptors (Lipinski definition) is 1. The average molecular weight is 320 g/mol. The van der Waals surface area contributed by atoms with Crippen LogP contribution in [-0.4, -0.2) is 6.04 Å². The first kappa shape index (κ1) is 13.4. The molecule has 1 N–H and O–H groups in total. The second kappa shape index (κ2) is 4.46. The van der Waals surface area contributed by atoms with Crippen molar-refractivity contribution in [3.8, 4) is 0 Å². The highest BCUT2D eigenvalue weighted by Gasteiger charge is 2.49. The maximum atomic E-state index is 4.11. The lowest BCUT2D eigenvalue weighted by Gasteiger charge is -2.54.